The van der Waals surface area contributed by atoms with Crippen LogP contribution in [0, 0.1) is 5.92 Å². The summed E-state index contributed by atoms with van der Waals surface area (Å²) in [5.41, 5.74) is 0.468. The van der Waals surface area contributed by atoms with E-state index in [2.05, 4.69) is 10.6 Å². The first-order valence-corrected chi connectivity index (χ1v) is 7.53. The second-order valence-electron chi connectivity index (χ2n) is 5.12. The summed E-state index contributed by atoms with van der Waals surface area (Å²) in [5, 5.41) is 7.08. The molecule has 0 fully saturated rings. The molecule has 0 radical (unpaired) electrons. The third-order valence-corrected chi connectivity index (χ3v) is 3.42. The molecule has 0 saturated carbocycles. The van der Waals surface area contributed by atoms with Gasteiger partial charge in [0.2, 0.25) is 18.7 Å². The lowest BCUT2D eigenvalue weighted by Crippen LogP contribution is -2.42. The maximum absolute atomic E-state index is 12.8. The number of nitrogens with one attached hydrogen (secondary N) is 3. The Bertz CT molecular complexity index is 587. The van der Waals surface area contributed by atoms with Crippen molar-refractivity contribution in [2.24, 2.45) is 5.92 Å². The Morgan fingerprint density at radius 1 is 1.33 bits per heavy atom. The van der Waals surface area contributed by atoms with Crippen LogP contribution >= 0.6 is 11.6 Å². The van der Waals surface area contributed by atoms with Gasteiger partial charge in [-0.25, -0.2) is 13.6 Å². The number of hydrogen-bond acceptors (Lipinski definition) is 3. The maximum Gasteiger partial charge on any atom is 0.321 e. The topological polar surface area (TPSA) is 87.3 Å². The van der Waals surface area contributed by atoms with Crippen LogP contribution in [0.25, 0.3) is 0 Å². The lowest BCUT2D eigenvalue weighted by atomic mass is 10.0. The van der Waals surface area contributed by atoms with E-state index in [9.17, 15) is 23.2 Å². The van der Waals surface area contributed by atoms with Gasteiger partial charge in [0.05, 0.1) is 12.0 Å². The lowest BCUT2D eigenvalue weighted by molar-refractivity contribution is -0.125. The predicted octanol–water partition coefficient (Wildman–Crippen LogP) is 2.24. The molecular formula is C15H18ClF2N3O3. The Morgan fingerprint density at radius 2 is 2.04 bits per heavy atom. The second-order valence-corrected chi connectivity index (χ2v) is 5.55. The number of amides is 4. The molecule has 2 atom stereocenters. The van der Waals surface area contributed by atoms with E-state index >= 15 is 0 Å². The van der Waals surface area contributed by atoms with E-state index in [0.29, 0.717) is 10.6 Å². The highest BCUT2D eigenvalue weighted by molar-refractivity contribution is 6.30. The van der Waals surface area contributed by atoms with Crippen molar-refractivity contribution in [3.8, 4) is 0 Å². The minimum Gasteiger partial charge on any atom is -0.349 e. The van der Waals surface area contributed by atoms with Crippen molar-refractivity contribution in [1.29, 1.82) is 0 Å². The Balaban J connectivity index is 2.70. The number of carbonyl (C=O) groups excluding carboxylic acids is 3. The fourth-order valence-electron chi connectivity index (χ4n) is 1.94. The molecule has 4 amide bonds. The van der Waals surface area contributed by atoms with E-state index in [1.807, 2.05) is 5.32 Å². The first kappa shape index (κ1) is 19.8. The summed E-state index contributed by atoms with van der Waals surface area (Å²) in [7, 11) is 0. The maximum atomic E-state index is 12.8. The molecule has 0 aliphatic heterocycles. The highest BCUT2D eigenvalue weighted by Gasteiger charge is 2.22. The molecule has 24 heavy (non-hydrogen) atoms. The highest BCUT2D eigenvalue weighted by atomic mass is 35.5. The molecule has 0 aliphatic rings. The van der Waals surface area contributed by atoms with Gasteiger partial charge in [-0.05, 0) is 17.7 Å². The summed E-state index contributed by atoms with van der Waals surface area (Å²) >= 11 is 5.86. The zero-order valence-electron chi connectivity index (χ0n) is 12.9. The molecule has 6 nitrogen and oxygen atoms in total. The van der Waals surface area contributed by atoms with Gasteiger partial charge in [-0.3, -0.25) is 14.9 Å². The number of alkyl halides is 2. The molecular weight excluding hydrogens is 344 g/mol. The van der Waals surface area contributed by atoms with Crippen LogP contribution in [0.5, 0.6) is 0 Å². The number of rotatable bonds is 8. The molecule has 1 aromatic carbocycles. The van der Waals surface area contributed by atoms with Crippen molar-refractivity contribution in [2.45, 2.75) is 25.8 Å². The zero-order valence-corrected chi connectivity index (χ0v) is 13.6. The summed E-state index contributed by atoms with van der Waals surface area (Å²) < 4.78 is 25.6. The second kappa shape index (κ2) is 9.82. The van der Waals surface area contributed by atoms with Crippen LogP contribution in [-0.4, -0.2) is 31.3 Å². The molecule has 0 heterocycles. The third-order valence-electron chi connectivity index (χ3n) is 3.19. The molecule has 0 aromatic heterocycles. The van der Waals surface area contributed by atoms with E-state index in [1.54, 1.807) is 18.2 Å². The van der Waals surface area contributed by atoms with Crippen LogP contribution in [-0.2, 0) is 9.59 Å². The normalized spacial score (nSPS) is 13.0. The molecule has 1 rings (SSSR count). The summed E-state index contributed by atoms with van der Waals surface area (Å²) in [6, 6.07) is 4.67. The van der Waals surface area contributed by atoms with Crippen LogP contribution in [0.4, 0.5) is 13.6 Å². The number of urea groups is 1. The molecule has 132 valence electrons. The van der Waals surface area contributed by atoms with Crippen LogP contribution < -0.4 is 16.0 Å². The summed E-state index contributed by atoms with van der Waals surface area (Å²) in [6.07, 6.45) is -2.96. The van der Waals surface area contributed by atoms with Gasteiger partial charge in [0.15, 0.2) is 0 Å². The van der Waals surface area contributed by atoms with Crippen molar-refractivity contribution >= 4 is 29.9 Å². The third kappa shape index (κ3) is 6.91. The van der Waals surface area contributed by atoms with Gasteiger partial charge < -0.3 is 10.6 Å². The minimum atomic E-state index is -2.61. The summed E-state index contributed by atoms with van der Waals surface area (Å²) in [6.45, 7) is 1.47. The number of imide groups is 1. The van der Waals surface area contributed by atoms with Gasteiger partial charge in [-0.15, -0.1) is 0 Å². The van der Waals surface area contributed by atoms with Gasteiger partial charge >= 0.3 is 6.03 Å². The molecule has 0 bridgehead atoms. The molecule has 0 unspecified atom stereocenters. The Hall–Kier alpha value is -2.22. The van der Waals surface area contributed by atoms with Crippen molar-refractivity contribution in [3.05, 3.63) is 34.9 Å². The van der Waals surface area contributed by atoms with Crippen LogP contribution in [0.2, 0.25) is 5.02 Å². The van der Waals surface area contributed by atoms with Crippen LogP contribution in [0.15, 0.2) is 24.3 Å². The standard InChI is InChI=1S/C15H18ClF2N3O3/c1-9(7-19-15(24)20-8-22)14(23)21-12(6-13(17)18)10-3-2-4-11(16)5-10/h2-5,8-9,12-13H,6-7H2,1H3,(H,21,23)(H2,19,20,22,24)/t9-,12+/m1/s1. The van der Waals surface area contributed by atoms with E-state index in [4.69, 9.17) is 11.6 Å². The Morgan fingerprint density at radius 3 is 2.62 bits per heavy atom. The first-order valence-electron chi connectivity index (χ1n) is 7.15. The summed E-state index contributed by atoms with van der Waals surface area (Å²) in [5.74, 6) is -1.19. The molecule has 0 aliphatic carbocycles. The van der Waals surface area contributed by atoms with E-state index in [0.717, 1.165) is 0 Å². The van der Waals surface area contributed by atoms with Crippen molar-refractivity contribution in [3.63, 3.8) is 0 Å². The van der Waals surface area contributed by atoms with Crippen LogP contribution in [0.1, 0.15) is 24.9 Å². The fraction of sp³-hybridized carbons (Fsp3) is 0.400. The molecule has 1 aromatic rings. The molecule has 0 saturated heterocycles. The quantitative estimate of drug-likeness (QED) is 0.620. The Kier molecular flexibility index (Phi) is 8.11. The number of carbonyl (C=O) groups is 3. The molecule has 9 heteroatoms. The van der Waals surface area contributed by atoms with Gasteiger partial charge in [0.1, 0.15) is 0 Å². The van der Waals surface area contributed by atoms with E-state index in [-0.39, 0.29) is 13.0 Å². The van der Waals surface area contributed by atoms with Crippen LogP contribution in [0.3, 0.4) is 0 Å². The highest BCUT2D eigenvalue weighted by Crippen LogP contribution is 2.23. The van der Waals surface area contributed by atoms with Gasteiger partial charge in [0.25, 0.3) is 0 Å². The molecule has 3 N–H and O–H groups in total. The van der Waals surface area contributed by atoms with Gasteiger partial charge in [-0.2, -0.15) is 0 Å². The Labute approximate surface area is 142 Å². The SMILES string of the molecule is C[C@H](CNC(=O)NC=O)C(=O)N[C@@H](CC(F)F)c1cccc(Cl)c1. The molecule has 0 spiro atoms. The van der Waals surface area contributed by atoms with Crippen molar-refractivity contribution in [1.82, 2.24) is 16.0 Å². The first-order chi connectivity index (χ1) is 11.3. The lowest BCUT2D eigenvalue weighted by Gasteiger charge is -2.21. The average Bonchev–Trinajstić information content (AvgIpc) is 2.51. The summed E-state index contributed by atoms with van der Waals surface area (Å²) in [4.78, 5) is 33.3. The number of halogens is 3. The van der Waals surface area contributed by atoms with Crippen molar-refractivity contribution in [2.75, 3.05) is 6.54 Å². The number of hydrogen-bond donors (Lipinski definition) is 3. The fourth-order valence-corrected chi connectivity index (χ4v) is 2.14. The zero-order chi connectivity index (χ0) is 18.1. The van der Waals surface area contributed by atoms with E-state index < -0.39 is 36.7 Å². The van der Waals surface area contributed by atoms with E-state index in [1.165, 1.54) is 13.0 Å². The largest absolute Gasteiger partial charge is 0.349 e. The smallest absolute Gasteiger partial charge is 0.321 e. The average molecular weight is 362 g/mol. The predicted molar refractivity (Wildman–Crippen MR) is 84.7 cm³/mol. The number of benzene rings is 1. The van der Waals surface area contributed by atoms with Gasteiger partial charge in [0, 0.05) is 18.0 Å². The monoisotopic (exact) mass is 361 g/mol. The van der Waals surface area contributed by atoms with Gasteiger partial charge in [-0.1, -0.05) is 30.7 Å². The minimum absolute atomic E-state index is 0.0531. The van der Waals surface area contributed by atoms with Crippen molar-refractivity contribution < 1.29 is 23.2 Å².